The van der Waals surface area contributed by atoms with Crippen LogP contribution in [0, 0.1) is 0 Å². The number of anilines is 2. The standard InChI is InChI=1S/C10H16BrN5O/c1-10(2,3)16-7(17)5-13-8-6(11)4-14-9(12)15-8/h4H,5H2,1-3H3,(H,16,17)(H3,12,13,14,15). The Morgan fingerprint density at radius 1 is 1.53 bits per heavy atom. The van der Waals surface area contributed by atoms with Crippen LogP contribution in [0.3, 0.4) is 0 Å². The molecular weight excluding hydrogens is 286 g/mol. The van der Waals surface area contributed by atoms with Gasteiger partial charge >= 0.3 is 0 Å². The summed E-state index contributed by atoms with van der Waals surface area (Å²) >= 11 is 3.27. The number of nitrogens with one attached hydrogen (secondary N) is 2. The number of carbonyl (C=O) groups is 1. The van der Waals surface area contributed by atoms with Crippen LogP contribution in [-0.4, -0.2) is 28.0 Å². The molecule has 0 atom stereocenters. The fraction of sp³-hybridized carbons (Fsp3) is 0.500. The summed E-state index contributed by atoms with van der Waals surface area (Å²) < 4.78 is 0.662. The Morgan fingerprint density at radius 2 is 2.18 bits per heavy atom. The van der Waals surface area contributed by atoms with Crippen molar-refractivity contribution in [3.63, 3.8) is 0 Å². The van der Waals surface area contributed by atoms with Gasteiger partial charge in [-0.25, -0.2) is 4.98 Å². The number of carbonyl (C=O) groups excluding carboxylic acids is 1. The number of amides is 1. The average molecular weight is 302 g/mol. The first-order chi connectivity index (χ1) is 7.78. The smallest absolute Gasteiger partial charge is 0.239 e. The van der Waals surface area contributed by atoms with E-state index >= 15 is 0 Å². The van der Waals surface area contributed by atoms with Gasteiger partial charge in [0.05, 0.1) is 11.0 Å². The predicted molar refractivity (Wildman–Crippen MR) is 70.5 cm³/mol. The molecule has 0 aliphatic rings. The number of nitrogens with two attached hydrogens (primary N) is 1. The van der Waals surface area contributed by atoms with Crippen molar-refractivity contribution < 1.29 is 4.79 Å². The number of nitrogen functional groups attached to an aromatic ring is 1. The van der Waals surface area contributed by atoms with Crippen LogP contribution in [0.2, 0.25) is 0 Å². The Morgan fingerprint density at radius 3 is 2.76 bits per heavy atom. The van der Waals surface area contributed by atoms with Crippen LogP contribution in [-0.2, 0) is 4.79 Å². The normalized spacial score (nSPS) is 11.1. The molecule has 1 heterocycles. The highest BCUT2D eigenvalue weighted by Gasteiger charge is 2.13. The van der Waals surface area contributed by atoms with Gasteiger partial charge in [0.2, 0.25) is 11.9 Å². The Balaban J connectivity index is 2.56. The SMILES string of the molecule is CC(C)(C)NC(=O)CNc1nc(N)ncc1Br. The summed E-state index contributed by atoms with van der Waals surface area (Å²) in [4.78, 5) is 19.3. The largest absolute Gasteiger partial charge is 0.368 e. The molecule has 0 spiro atoms. The summed E-state index contributed by atoms with van der Waals surface area (Å²) in [6, 6.07) is 0. The second kappa shape index (κ2) is 5.31. The summed E-state index contributed by atoms with van der Waals surface area (Å²) in [6.45, 7) is 5.89. The van der Waals surface area contributed by atoms with Gasteiger partial charge in [0.1, 0.15) is 5.82 Å². The predicted octanol–water partition coefficient (Wildman–Crippen LogP) is 1.15. The van der Waals surface area contributed by atoms with E-state index in [9.17, 15) is 4.79 Å². The van der Waals surface area contributed by atoms with Crippen LogP contribution >= 0.6 is 15.9 Å². The molecule has 0 aliphatic carbocycles. The minimum Gasteiger partial charge on any atom is -0.368 e. The van der Waals surface area contributed by atoms with Gasteiger partial charge in [-0.15, -0.1) is 0 Å². The molecule has 7 heteroatoms. The van der Waals surface area contributed by atoms with Crippen molar-refractivity contribution >= 4 is 33.6 Å². The Bertz CT molecular complexity index is 416. The molecule has 1 aromatic rings. The van der Waals surface area contributed by atoms with Gasteiger partial charge in [-0.1, -0.05) is 0 Å². The summed E-state index contributed by atoms with van der Waals surface area (Å²) in [5, 5.41) is 5.72. The second-order valence-corrected chi connectivity index (χ2v) is 5.43. The maximum atomic E-state index is 11.6. The van der Waals surface area contributed by atoms with Crippen LogP contribution in [0.4, 0.5) is 11.8 Å². The minimum absolute atomic E-state index is 0.110. The van der Waals surface area contributed by atoms with Gasteiger partial charge in [0, 0.05) is 11.7 Å². The number of nitrogens with zero attached hydrogens (tertiary/aromatic N) is 2. The third-order valence-electron chi connectivity index (χ3n) is 1.69. The van der Waals surface area contributed by atoms with E-state index in [-0.39, 0.29) is 23.9 Å². The summed E-state index contributed by atoms with van der Waals surface area (Å²) in [6.07, 6.45) is 1.53. The van der Waals surface area contributed by atoms with Gasteiger partial charge in [-0.05, 0) is 36.7 Å². The molecule has 0 radical (unpaired) electrons. The molecule has 6 nitrogen and oxygen atoms in total. The van der Waals surface area contributed by atoms with Crippen LogP contribution < -0.4 is 16.4 Å². The third-order valence-corrected chi connectivity index (χ3v) is 2.27. The van der Waals surface area contributed by atoms with E-state index in [1.165, 1.54) is 6.20 Å². The van der Waals surface area contributed by atoms with Crippen molar-refractivity contribution in [1.82, 2.24) is 15.3 Å². The Labute approximate surface area is 109 Å². The van der Waals surface area contributed by atoms with Crippen LogP contribution in [0.15, 0.2) is 10.7 Å². The average Bonchev–Trinajstić information content (AvgIpc) is 2.17. The van der Waals surface area contributed by atoms with Crippen molar-refractivity contribution in [3.8, 4) is 0 Å². The molecule has 17 heavy (non-hydrogen) atoms. The summed E-state index contributed by atoms with van der Waals surface area (Å²) in [5.74, 6) is 0.551. The highest BCUT2D eigenvalue weighted by atomic mass is 79.9. The lowest BCUT2D eigenvalue weighted by Crippen LogP contribution is -2.43. The molecule has 4 N–H and O–H groups in total. The molecule has 0 unspecified atom stereocenters. The first-order valence-electron chi connectivity index (χ1n) is 5.11. The number of hydrogen-bond acceptors (Lipinski definition) is 5. The molecule has 0 saturated heterocycles. The number of halogens is 1. The van der Waals surface area contributed by atoms with Gasteiger partial charge < -0.3 is 16.4 Å². The van der Waals surface area contributed by atoms with Crippen molar-refractivity contribution in [3.05, 3.63) is 10.7 Å². The molecule has 1 aromatic heterocycles. The highest BCUT2D eigenvalue weighted by molar-refractivity contribution is 9.10. The zero-order valence-corrected chi connectivity index (χ0v) is 11.6. The molecule has 0 saturated carbocycles. The van der Waals surface area contributed by atoms with E-state index in [4.69, 9.17) is 5.73 Å². The van der Waals surface area contributed by atoms with Crippen LogP contribution in [0.5, 0.6) is 0 Å². The summed E-state index contributed by atoms with van der Waals surface area (Å²) in [7, 11) is 0. The fourth-order valence-electron chi connectivity index (χ4n) is 1.13. The lowest BCUT2D eigenvalue weighted by Gasteiger charge is -2.20. The highest BCUT2D eigenvalue weighted by Crippen LogP contribution is 2.18. The van der Waals surface area contributed by atoms with Crippen molar-refractivity contribution in [2.75, 3.05) is 17.6 Å². The molecule has 94 valence electrons. The van der Waals surface area contributed by atoms with Gasteiger partial charge in [0.25, 0.3) is 0 Å². The number of aromatic nitrogens is 2. The van der Waals surface area contributed by atoms with E-state index in [1.54, 1.807) is 0 Å². The molecule has 1 amide bonds. The molecule has 0 bridgehead atoms. The van der Waals surface area contributed by atoms with Gasteiger partial charge in [0.15, 0.2) is 0 Å². The second-order valence-electron chi connectivity index (χ2n) is 4.58. The van der Waals surface area contributed by atoms with Gasteiger partial charge in [-0.2, -0.15) is 4.98 Å². The van der Waals surface area contributed by atoms with Gasteiger partial charge in [-0.3, -0.25) is 4.79 Å². The van der Waals surface area contributed by atoms with E-state index in [0.717, 1.165) is 0 Å². The monoisotopic (exact) mass is 301 g/mol. The molecule has 0 aromatic carbocycles. The van der Waals surface area contributed by atoms with E-state index in [1.807, 2.05) is 20.8 Å². The maximum absolute atomic E-state index is 11.6. The zero-order valence-electron chi connectivity index (χ0n) is 10.0. The van der Waals surface area contributed by atoms with E-state index in [0.29, 0.717) is 10.3 Å². The van der Waals surface area contributed by atoms with Crippen molar-refractivity contribution in [2.45, 2.75) is 26.3 Å². The lowest BCUT2D eigenvalue weighted by molar-refractivity contribution is -0.120. The minimum atomic E-state index is -0.249. The molecular formula is C10H16BrN5O. The van der Waals surface area contributed by atoms with E-state index in [2.05, 4.69) is 36.5 Å². The Hall–Kier alpha value is -1.37. The van der Waals surface area contributed by atoms with Crippen molar-refractivity contribution in [1.29, 1.82) is 0 Å². The fourth-order valence-corrected chi connectivity index (χ4v) is 1.46. The lowest BCUT2D eigenvalue weighted by atomic mass is 10.1. The first-order valence-corrected chi connectivity index (χ1v) is 5.90. The first kappa shape index (κ1) is 13.7. The topological polar surface area (TPSA) is 92.9 Å². The summed E-state index contributed by atoms with van der Waals surface area (Å²) in [5.41, 5.74) is 5.20. The molecule has 0 fully saturated rings. The molecule has 0 aliphatic heterocycles. The van der Waals surface area contributed by atoms with E-state index < -0.39 is 0 Å². The Kier molecular flexibility index (Phi) is 4.28. The number of hydrogen-bond donors (Lipinski definition) is 3. The van der Waals surface area contributed by atoms with Crippen LogP contribution in [0.1, 0.15) is 20.8 Å². The molecule has 1 rings (SSSR count). The number of rotatable bonds is 3. The third kappa shape index (κ3) is 4.99. The zero-order chi connectivity index (χ0) is 13.1. The maximum Gasteiger partial charge on any atom is 0.239 e. The van der Waals surface area contributed by atoms with Crippen molar-refractivity contribution in [2.24, 2.45) is 0 Å². The van der Waals surface area contributed by atoms with Crippen LogP contribution in [0.25, 0.3) is 0 Å². The quantitative estimate of drug-likeness (QED) is 0.779.